The zero-order valence-electron chi connectivity index (χ0n) is 9.19. The lowest BCUT2D eigenvalue weighted by Crippen LogP contribution is -2.08. The van der Waals surface area contributed by atoms with E-state index in [1.165, 1.54) is 0 Å². The third kappa shape index (κ3) is 5.36. The molecule has 0 aliphatic carbocycles. The van der Waals surface area contributed by atoms with E-state index in [2.05, 4.69) is 0 Å². The zero-order valence-corrected chi connectivity index (χ0v) is 9.94. The Kier molecular flexibility index (Phi) is 5.49. The van der Waals surface area contributed by atoms with Gasteiger partial charge in [-0.3, -0.25) is 9.59 Å². The lowest BCUT2D eigenvalue weighted by atomic mass is 10.2. The highest BCUT2D eigenvalue weighted by molar-refractivity contribution is 6.32. The number of rotatable bonds is 6. The first-order valence-corrected chi connectivity index (χ1v) is 5.64. The fourth-order valence-electron chi connectivity index (χ4n) is 1.25. The van der Waals surface area contributed by atoms with Crippen molar-refractivity contribution in [3.8, 4) is 5.75 Å². The normalized spacial score (nSPS) is 9.94. The van der Waals surface area contributed by atoms with Crippen molar-refractivity contribution in [2.24, 2.45) is 0 Å². The molecule has 17 heavy (non-hydrogen) atoms. The summed E-state index contributed by atoms with van der Waals surface area (Å²) in [5.74, 6) is -0.926. The summed E-state index contributed by atoms with van der Waals surface area (Å²) in [7, 11) is 0. The van der Waals surface area contributed by atoms with E-state index in [0.717, 1.165) is 0 Å². The molecule has 0 bridgehead atoms. The second-order valence-electron chi connectivity index (χ2n) is 3.51. The molecular formula is C12H13ClO4. The van der Waals surface area contributed by atoms with Gasteiger partial charge in [-0.25, -0.2) is 0 Å². The highest BCUT2D eigenvalue weighted by atomic mass is 35.5. The summed E-state index contributed by atoms with van der Waals surface area (Å²) < 4.78 is 5.03. The van der Waals surface area contributed by atoms with Crippen LogP contribution in [0, 0.1) is 0 Å². The van der Waals surface area contributed by atoms with Crippen LogP contribution < -0.4 is 4.74 Å². The number of carboxylic acids is 1. The number of esters is 1. The summed E-state index contributed by atoms with van der Waals surface area (Å²) in [5.41, 5.74) is 0. The van der Waals surface area contributed by atoms with Crippen LogP contribution in [0.4, 0.5) is 0 Å². The highest BCUT2D eigenvalue weighted by Crippen LogP contribution is 2.23. The number of unbranched alkanes of at least 4 members (excludes halogenated alkanes) is 1. The molecule has 0 atom stereocenters. The molecule has 4 nitrogen and oxygen atoms in total. The molecule has 0 radical (unpaired) electrons. The number of hydrogen-bond acceptors (Lipinski definition) is 3. The first kappa shape index (κ1) is 13.5. The fraction of sp³-hybridized carbons (Fsp3) is 0.333. The van der Waals surface area contributed by atoms with Crippen LogP contribution in [0.1, 0.15) is 25.7 Å². The Morgan fingerprint density at radius 1 is 1.18 bits per heavy atom. The maximum atomic E-state index is 11.4. The van der Waals surface area contributed by atoms with E-state index >= 15 is 0 Å². The van der Waals surface area contributed by atoms with Gasteiger partial charge in [0.25, 0.3) is 0 Å². The van der Waals surface area contributed by atoms with Crippen molar-refractivity contribution in [2.45, 2.75) is 25.7 Å². The molecule has 0 saturated carbocycles. The van der Waals surface area contributed by atoms with Crippen molar-refractivity contribution < 1.29 is 19.4 Å². The number of carbonyl (C=O) groups excluding carboxylic acids is 1. The van der Waals surface area contributed by atoms with Gasteiger partial charge in [0.2, 0.25) is 0 Å². The van der Waals surface area contributed by atoms with Crippen molar-refractivity contribution in [1.29, 1.82) is 0 Å². The van der Waals surface area contributed by atoms with Gasteiger partial charge in [-0.05, 0) is 25.0 Å². The third-order valence-electron chi connectivity index (χ3n) is 2.08. The van der Waals surface area contributed by atoms with Gasteiger partial charge >= 0.3 is 11.9 Å². The number of ether oxygens (including phenoxy) is 1. The first-order chi connectivity index (χ1) is 8.09. The van der Waals surface area contributed by atoms with Crippen molar-refractivity contribution in [2.75, 3.05) is 0 Å². The van der Waals surface area contributed by atoms with Crippen LogP contribution in [0.3, 0.4) is 0 Å². The summed E-state index contributed by atoms with van der Waals surface area (Å²) in [5, 5.41) is 8.80. The lowest BCUT2D eigenvalue weighted by molar-refractivity contribution is -0.138. The molecular weight excluding hydrogens is 244 g/mol. The number of aliphatic carboxylic acids is 1. The number of hydrogen-bond donors (Lipinski definition) is 1. The Balaban J connectivity index is 2.30. The van der Waals surface area contributed by atoms with E-state index in [1.54, 1.807) is 24.3 Å². The molecule has 0 aliphatic rings. The molecule has 92 valence electrons. The molecule has 1 N–H and O–H groups in total. The number of para-hydroxylation sites is 1. The van der Waals surface area contributed by atoms with Crippen molar-refractivity contribution in [1.82, 2.24) is 0 Å². The Hall–Kier alpha value is -1.55. The molecule has 1 rings (SSSR count). The minimum Gasteiger partial charge on any atom is -0.481 e. The average Bonchev–Trinajstić information content (AvgIpc) is 2.27. The number of carbonyl (C=O) groups is 2. The predicted octanol–water partition coefficient (Wildman–Crippen LogP) is 2.89. The Labute approximate surface area is 104 Å². The van der Waals surface area contributed by atoms with Gasteiger partial charge in [0.1, 0.15) is 5.75 Å². The van der Waals surface area contributed by atoms with Crippen LogP contribution in [0.2, 0.25) is 5.02 Å². The standard InChI is InChI=1S/C12H13ClO4/c13-9-5-1-2-6-10(9)17-12(16)8-4-3-7-11(14)15/h1-2,5-6H,3-4,7-8H2,(H,14,15). The number of benzene rings is 1. The van der Waals surface area contributed by atoms with Gasteiger partial charge in [0.15, 0.2) is 0 Å². The number of carboxylic acid groups (broad SMARTS) is 1. The van der Waals surface area contributed by atoms with E-state index in [0.29, 0.717) is 23.6 Å². The lowest BCUT2D eigenvalue weighted by Gasteiger charge is -2.05. The maximum Gasteiger partial charge on any atom is 0.311 e. The smallest absolute Gasteiger partial charge is 0.311 e. The van der Waals surface area contributed by atoms with E-state index in [9.17, 15) is 9.59 Å². The maximum absolute atomic E-state index is 11.4. The minimum absolute atomic E-state index is 0.0688. The minimum atomic E-state index is -0.857. The highest BCUT2D eigenvalue weighted by Gasteiger charge is 2.07. The molecule has 1 aromatic rings. The predicted molar refractivity (Wildman–Crippen MR) is 63.2 cm³/mol. The molecule has 0 unspecified atom stereocenters. The van der Waals surface area contributed by atoms with E-state index in [4.69, 9.17) is 21.4 Å². The van der Waals surface area contributed by atoms with Gasteiger partial charge in [-0.15, -0.1) is 0 Å². The summed E-state index contributed by atoms with van der Waals surface area (Å²) in [6.07, 6.45) is 1.22. The van der Waals surface area contributed by atoms with E-state index in [1.807, 2.05) is 0 Å². The van der Waals surface area contributed by atoms with Crippen LogP contribution in [-0.2, 0) is 9.59 Å². The molecule has 0 aromatic heterocycles. The van der Waals surface area contributed by atoms with E-state index in [-0.39, 0.29) is 12.8 Å². The fourth-order valence-corrected chi connectivity index (χ4v) is 1.42. The molecule has 0 saturated heterocycles. The Morgan fingerprint density at radius 2 is 1.82 bits per heavy atom. The summed E-state index contributed by atoms with van der Waals surface area (Å²) >= 11 is 5.82. The summed E-state index contributed by atoms with van der Waals surface area (Å²) in [6, 6.07) is 6.71. The Bertz CT molecular complexity index is 403. The largest absolute Gasteiger partial charge is 0.481 e. The second kappa shape index (κ2) is 6.91. The van der Waals surface area contributed by atoms with Crippen LogP contribution in [-0.4, -0.2) is 17.0 Å². The van der Waals surface area contributed by atoms with Gasteiger partial charge in [0.05, 0.1) is 5.02 Å². The van der Waals surface area contributed by atoms with Gasteiger partial charge in [-0.1, -0.05) is 23.7 Å². The molecule has 0 spiro atoms. The van der Waals surface area contributed by atoms with Crippen LogP contribution in [0.25, 0.3) is 0 Å². The van der Waals surface area contributed by atoms with Gasteiger partial charge in [0, 0.05) is 12.8 Å². The van der Waals surface area contributed by atoms with Gasteiger partial charge in [-0.2, -0.15) is 0 Å². The van der Waals surface area contributed by atoms with Crippen molar-refractivity contribution >= 4 is 23.5 Å². The van der Waals surface area contributed by atoms with Crippen molar-refractivity contribution in [3.05, 3.63) is 29.3 Å². The summed E-state index contributed by atoms with van der Waals surface area (Å²) in [4.78, 5) is 21.6. The summed E-state index contributed by atoms with van der Waals surface area (Å²) in [6.45, 7) is 0. The quantitative estimate of drug-likeness (QED) is 0.483. The molecule has 0 amide bonds. The molecule has 0 fully saturated rings. The van der Waals surface area contributed by atoms with Crippen LogP contribution in [0.5, 0.6) is 5.75 Å². The topological polar surface area (TPSA) is 63.6 Å². The molecule has 0 heterocycles. The molecule has 0 aliphatic heterocycles. The number of halogens is 1. The second-order valence-corrected chi connectivity index (χ2v) is 3.91. The van der Waals surface area contributed by atoms with E-state index < -0.39 is 11.9 Å². The monoisotopic (exact) mass is 256 g/mol. The zero-order chi connectivity index (χ0) is 12.7. The third-order valence-corrected chi connectivity index (χ3v) is 2.39. The Morgan fingerprint density at radius 3 is 2.47 bits per heavy atom. The van der Waals surface area contributed by atoms with Crippen LogP contribution in [0.15, 0.2) is 24.3 Å². The van der Waals surface area contributed by atoms with Gasteiger partial charge < -0.3 is 9.84 Å². The van der Waals surface area contributed by atoms with Crippen molar-refractivity contribution in [3.63, 3.8) is 0 Å². The van der Waals surface area contributed by atoms with Crippen LogP contribution >= 0.6 is 11.6 Å². The average molecular weight is 257 g/mol. The molecule has 5 heteroatoms. The first-order valence-electron chi connectivity index (χ1n) is 5.26. The molecule has 1 aromatic carbocycles. The SMILES string of the molecule is O=C(O)CCCCC(=O)Oc1ccccc1Cl.